The van der Waals surface area contributed by atoms with E-state index < -0.39 is 0 Å². The molecule has 1 fully saturated rings. The van der Waals surface area contributed by atoms with Gasteiger partial charge in [0.2, 0.25) is 5.91 Å². The summed E-state index contributed by atoms with van der Waals surface area (Å²) in [6.45, 7) is 6.51. The summed E-state index contributed by atoms with van der Waals surface area (Å²) in [5, 5.41) is 6.32. The van der Waals surface area contributed by atoms with Crippen LogP contribution in [-0.2, 0) is 9.53 Å². The quantitative estimate of drug-likeness (QED) is 0.744. The lowest BCUT2D eigenvalue weighted by atomic mass is 10.1. The van der Waals surface area contributed by atoms with Crippen molar-refractivity contribution in [1.82, 2.24) is 15.0 Å². The second-order valence-electron chi connectivity index (χ2n) is 6.78. The minimum Gasteiger partial charge on any atom is -0.379 e. The summed E-state index contributed by atoms with van der Waals surface area (Å²) in [5.41, 5.74) is 1.51. The van der Waals surface area contributed by atoms with Gasteiger partial charge in [0.15, 0.2) is 5.82 Å². The number of carbonyl (C=O) groups is 2. The predicted molar refractivity (Wildman–Crippen MR) is 104 cm³/mol. The van der Waals surface area contributed by atoms with E-state index in [4.69, 9.17) is 9.26 Å². The second-order valence-corrected chi connectivity index (χ2v) is 6.78. The molecule has 8 nitrogen and oxygen atoms in total. The van der Waals surface area contributed by atoms with Crippen molar-refractivity contribution in [2.75, 3.05) is 51.3 Å². The average Bonchev–Trinajstić information content (AvgIpc) is 3.21. The van der Waals surface area contributed by atoms with Gasteiger partial charge in [0.05, 0.1) is 13.2 Å². The Morgan fingerprint density at radius 1 is 1.21 bits per heavy atom. The number of aryl methyl sites for hydroxylation is 1. The molecule has 2 heterocycles. The minimum absolute atomic E-state index is 0.0386. The molecule has 3 rings (SSSR count). The van der Waals surface area contributed by atoms with Gasteiger partial charge in [-0.05, 0) is 25.0 Å². The van der Waals surface area contributed by atoms with Gasteiger partial charge in [-0.25, -0.2) is 0 Å². The summed E-state index contributed by atoms with van der Waals surface area (Å²) >= 11 is 0. The number of amides is 2. The second kappa shape index (κ2) is 10.0. The van der Waals surface area contributed by atoms with Crippen molar-refractivity contribution in [1.29, 1.82) is 0 Å². The molecular formula is C20H26N4O4. The molecule has 1 aliphatic heterocycles. The van der Waals surface area contributed by atoms with Crippen LogP contribution in [0.15, 0.2) is 41.1 Å². The fourth-order valence-corrected chi connectivity index (χ4v) is 3.18. The van der Waals surface area contributed by atoms with E-state index in [1.54, 1.807) is 17.0 Å². The number of carbonyl (C=O) groups excluding carboxylic acids is 2. The Labute approximate surface area is 164 Å². The third-order valence-electron chi connectivity index (χ3n) is 4.71. The number of hydrogen-bond donors (Lipinski definition) is 1. The topological polar surface area (TPSA) is 87.9 Å². The number of rotatable bonds is 8. The Balaban J connectivity index is 1.63. The Bertz CT molecular complexity index is 772. The first-order valence-corrected chi connectivity index (χ1v) is 9.49. The first-order chi connectivity index (χ1) is 13.6. The van der Waals surface area contributed by atoms with E-state index in [-0.39, 0.29) is 18.4 Å². The Morgan fingerprint density at radius 3 is 2.71 bits per heavy atom. The van der Waals surface area contributed by atoms with Gasteiger partial charge in [-0.15, -0.1) is 0 Å². The van der Waals surface area contributed by atoms with E-state index in [9.17, 15) is 9.59 Å². The molecule has 150 valence electrons. The van der Waals surface area contributed by atoms with Crippen LogP contribution >= 0.6 is 0 Å². The third-order valence-corrected chi connectivity index (χ3v) is 4.71. The lowest BCUT2D eigenvalue weighted by Gasteiger charge is -2.28. The van der Waals surface area contributed by atoms with E-state index in [2.05, 4.69) is 15.4 Å². The van der Waals surface area contributed by atoms with Gasteiger partial charge < -0.3 is 19.5 Å². The molecule has 8 heteroatoms. The number of morpholine rings is 1. The molecule has 0 atom stereocenters. The first kappa shape index (κ1) is 20.0. The van der Waals surface area contributed by atoms with Crippen LogP contribution in [0.1, 0.15) is 22.3 Å². The highest BCUT2D eigenvalue weighted by molar-refractivity contribution is 5.99. The van der Waals surface area contributed by atoms with E-state index in [1.165, 1.54) is 6.26 Å². The number of aromatic nitrogens is 1. The molecule has 0 radical (unpaired) electrons. The number of ether oxygens (including phenoxy) is 1. The number of nitrogens with one attached hydrogen (secondary N) is 1. The summed E-state index contributed by atoms with van der Waals surface area (Å²) < 4.78 is 10.1. The van der Waals surface area contributed by atoms with Crippen molar-refractivity contribution >= 4 is 17.6 Å². The van der Waals surface area contributed by atoms with Crippen LogP contribution in [0, 0.1) is 6.92 Å². The van der Waals surface area contributed by atoms with Gasteiger partial charge in [0, 0.05) is 37.8 Å². The van der Waals surface area contributed by atoms with Gasteiger partial charge in [0.25, 0.3) is 5.91 Å². The number of anilines is 1. The molecule has 0 saturated carbocycles. The maximum absolute atomic E-state index is 13.1. The number of hydrogen-bond acceptors (Lipinski definition) is 6. The maximum Gasteiger partial charge on any atom is 0.254 e. The molecule has 1 aromatic heterocycles. The van der Waals surface area contributed by atoms with Crippen LogP contribution in [0.5, 0.6) is 0 Å². The van der Waals surface area contributed by atoms with Crippen LogP contribution < -0.4 is 5.32 Å². The zero-order chi connectivity index (χ0) is 19.8. The number of nitrogens with zero attached hydrogens (tertiary/aromatic N) is 3. The molecule has 2 amide bonds. The molecule has 0 aliphatic carbocycles. The number of benzene rings is 1. The van der Waals surface area contributed by atoms with Crippen LogP contribution in [-0.4, -0.2) is 72.7 Å². The largest absolute Gasteiger partial charge is 0.379 e. The highest BCUT2D eigenvalue weighted by atomic mass is 16.5. The van der Waals surface area contributed by atoms with E-state index >= 15 is 0 Å². The molecule has 1 saturated heterocycles. The van der Waals surface area contributed by atoms with Crippen LogP contribution in [0.3, 0.4) is 0 Å². The SMILES string of the molecule is Cc1ccccc1C(=O)N(CCCN1CCOCC1)CC(=O)Nc1ccon1. The third kappa shape index (κ3) is 5.64. The summed E-state index contributed by atoms with van der Waals surface area (Å²) in [5.74, 6) is -0.112. The van der Waals surface area contributed by atoms with Crippen molar-refractivity contribution in [2.45, 2.75) is 13.3 Å². The molecular weight excluding hydrogens is 360 g/mol. The fourth-order valence-electron chi connectivity index (χ4n) is 3.18. The van der Waals surface area contributed by atoms with Crippen LogP contribution in [0.4, 0.5) is 5.82 Å². The molecule has 1 N–H and O–H groups in total. The fraction of sp³-hybridized carbons (Fsp3) is 0.450. The van der Waals surface area contributed by atoms with Crippen molar-refractivity contribution in [3.05, 3.63) is 47.7 Å². The summed E-state index contributed by atoms with van der Waals surface area (Å²) in [6.07, 6.45) is 2.17. The zero-order valence-electron chi connectivity index (χ0n) is 16.1. The molecule has 0 bridgehead atoms. The molecule has 1 aromatic carbocycles. The zero-order valence-corrected chi connectivity index (χ0v) is 16.1. The van der Waals surface area contributed by atoms with Gasteiger partial charge in [0.1, 0.15) is 12.8 Å². The molecule has 28 heavy (non-hydrogen) atoms. The summed E-state index contributed by atoms with van der Waals surface area (Å²) in [4.78, 5) is 29.4. The Hall–Kier alpha value is -2.71. The molecule has 1 aliphatic rings. The van der Waals surface area contributed by atoms with E-state index in [1.807, 2.05) is 25.1 Å². The van der Waals surface area contributed by atoms with Gasteiger partial charge in [-0.3, -0.25) is 14.5 Å². The first-order valence-electron chi connectivity index (χ1n) is 9.49. The smallest absolute Gasteiger partial charge is 0.254 e. The molecule has 2 aromatic rings. The maximum atomic E-state index is 13.1. The van der Waals surface area contributed by atoms with Crippen molar-refractivity contribution in [2.24, 2.45) is 0 Å². The summed E-state index contributed by atoms with van der Waals surface area (Å²) in [7, 11) is 0. The Morgan fingerprint density at radius 2 is 2.00 bits per heavy atom. The van der Waals surface area contributed by atoms with Crippen LogP contribution in [0.2, 0.25) is 0 Å². The summed E-state index contributed by atoms with van der Waals surface area (Å²) in [6, 6.07) is 8.98. The Kier molecular flexibility index (Phi) is 7.16. The highest BCUT2D eigenvalue weighted by Crippen LogP contribution is 2.12. The van der Waals surface area contributed by atoms with E-state index in [0.29, 0.717) is 17.9 Å². The van der Waals surface area contributed by atoms with Gasteiger partial charge in [-0.1, -0.05) is 23.4 Å². The monoisotopic (exact) mass is 386 g/mol. The lowest BCUT2D eigenvalue weighted by molar-refractivity contribution is -0.117. The van der Waals surface area contributed by atoms with Gasteiger partial charge in [-0.2, -0.15) is 0 Å². The standard InChI is InChI=1S/C20H26N4O4/c1-16-5-2-3-6-17(16)20(26)24(9-4-8-23-10-13-27-14-11-23)15-19(25)21-18-7-12-28-22-18/h2-3,5-7,12H,4,8-11,13-15H2,1H3,(H,21,22,25). The molecule has 0 unspecified atom stereocenters. The molecule has 0 spiro atoms. The highest BCUT2D eigenvalue weighted by Gasteiger charge is 2.21. The normalized spacial score (nSPS) is 14.6. The van der Waals surface area contributed by atoms with Crippen molar-refractivity contribution < 1.29 is 18.8 Å². The predicted octanol–water partition coefficient (Wildman–Crippen LogP) is 1.79. The minimum atomic E-state index is -0.304. The van der Waals surface area contributed by atoms with Crippen LogP contribution in [0.25, 0.3) is 0 Å². The average molecular weight is 386 g/mol. The van der Waals surface area contributed by atoms with E-state index in [0.717, 1.165) is 44.8 Å². The van der Waals surface area contributed by atoms with Crippen molar-refractivity contribution in [3.63, 3.8) is 0 Å². The van der Waals surface area contributed by atoms with Gasteiger partial charge >= 0.3 is 0 Å². The van der Waals surface area contributed by atoms with Crippen molar-refractivity contribution in [3.8, 4) is 0 Å². The lowest BCUT2D eigenvalue weighted by Crippen LogP contribution is -2.41.